The highest BCUT2D eigenvalue weighted by Crippen LogP contribution is 2.18. The zero-order valence-corrected chi connectivity index (χ0v) is 16.9. The second-order valence-corrected chi connectivity index (χ2v) is 8.77. The van der Waals surface area contributed by atoms with Crippen molar-refractivity contribution < 1.29 is 17.9 Å². The van der Waals surface area contributed by atoms with E-state index in [2.05, 4.69) is 21.2 Å². The zero-order chi connectivity index (χ0) is 19.3. The Hall–Kier alpha value is -2.00. The molecule has 1 heterocycles. The van der Waals surface area contributed by atoms with E-state index in [9.17, 15) is 13.2 Å². The van der Waals surface area contributed by atoms with Crippen molar-refractivity contribution in [3.63, 3.8) is 0 Å². The first-order chi connectivity index (χ1) is 12.9. The highest BCUT2D eigenvalue weighted by atomic mass is 79.9. The van der Waals surface area contributed by atoms with Gasteiger partial charge >= 0.3 is 0 Å². The molecule has 0 atom stereocenters. The Balaban J connectivity index is 1.64. The number of benzene rings is 2. The number of rotatable bonds is 5. The van der Waals surface area contributed by atoms with E-state index in [1.807, 2.05) is 12.1 Å². The maximum atomic E-state index is 12.6. The summed E-state index contributed by atoms with van der Waals surface area (Å²) in [5, 5.41) is 2.76. The average Bonchev–Trinajstić information content (AvgIpc) is 2.67. The van der Waals surface area contributed by atoms with Crippen LogP contribution in [0.1, 0.15) is 5.56 Å². The van der Waals surface area contributed by atoms with E-state index in [1.54, 1.807) is 42.5 Å². The van der Waals surface area contributed by atoms with Crippen LogP contribution in [-0.2, 0) is 19.6 Å². The predicted octanol–water partition coefficient (Wildman–Crippen LogP) is 3.12. The van der Waals surface area contributed by atoms with Crippen molar-refractivity contribution in [2.24, 2.45) is 0 Å². The summed E-state index contributed by atoms with van der Waals surface area (Å²) in [6.45, 7) is 1.54. The average molecular weight is 451 g/mol. The highest BCUT2D eigenvalue weighted by molar-refractivity contribution is 9.10. The van der Waals surface area contributed by atoms with E-state index in [0.29, 0.717) is 32.0 Å². The fraction of sp³-hybridized carbons (Fsp3) is 0.211. The van der Waals surface area contributed by atoms with Crippen LogP contribution in [0.4, 0.5) is 5.69 Å². The molecule has 142 valence electrons. The smallest absolute Gasteiger partial charge is 0.248 e. The number of carbonyl (C=O) groups is 1. The van der Waals surface area contributed by atoms with Gasteiger partial charge in [0.2, 0.25) is 15.9 Å². The quantitative estimate of drug-likeness (QED) is 0.709. The molecule has 0 spiro atoms. The number of morpholine rings is 1. The van der Waals surface area contributed by atoms with Crippen LogP contribution in [0, 0.1) is 0 Å². The summed E-state index contributed by atoms with van der Waals surface area (Å²) >= 11 is 3.35. The van der Waals surface area contributed by atoms with Crippen LogP contribution in [0.15, 0.2) is 64.0 Å². The lowest BCUT2D eigenvalue weighted by Gasteiger charge is -2.26. The number of carbonyl (C=O) groups excluding carboxylic acids is 1. The highest BCUT2D eigenvalue weighted by Gasteiger charge is 2.25. The van der Waals surface area contributed by atoms with E-state index in [-0.39, 0.29) is 10.8 Å². The molecule has 1 amide bonds. The van der Waals surface area contributed by atoms with Crippen LogP contribution in [0.3, 0.4) is 0 Å². The Morgan fingerprint density at radius 3 is 2.48 bits per heavy atom. The number of sulfonamides is 1. The van der Waals surface area contributed by atoms with Gasteiger partial charge in [-0.2, -0.15) is 4.31 Å². The number of hydrogen-bond donors (Lipinski definition) is 1. The van der Waals surface area contributed by atoms with Gasteiger partial charge in [-0.1, -0.05) is 34.1 Å². The molecular formula is C19H19BrN2O4S. The second-order valence-electron chi connectivity index (χ2n) is 5.92. The van der Waals surface area contributed by atoms with Crippen LogP contribution < -0.4 is 5.32 Å². The zero-order valence-electron chi connectivity index (χ0n) is 14.5. The van der Waals surface area contributed by atoms with Gasteiger partial charge in [-0.05, 0) is 42.0 Å². The summed E-state index contributed by atoms with van der Waals surface area (Å²) in [4.78, 5) is 12.2. The van der Waals surface area contributed by atoms with Crippen molar-refractivity contribution in [3.8, 4) is 0 Å². The second kappa shape index (κ2) is 8.79. The third-order valence-corrected chi connectivity index (χ3v) is 6.41. The fourth-order valence-corrected chi connectivity index (χ4v) is 4.42. The molecule has 1 aliphatic rings. The van der Waals surface area contributed by atoms with Gasteiger partial charge < -0.3 is 10.1 Å². The predicted molar refractivity (Wildman–Crippen MR) is 108 cm³/mol. The number of anilines is 1. The number of hydrogen-bond acceptors (Lipinski definition) is 4. The largest absolute Gasteiger partial charge is 0.379 e. The molecule has 6 nitrogen and oxygen atoms in total. The number of halogens is 1. The van der Waals surface area contributed by atoms with Crippen LogP contribution in [0.5, 0.6) is 0 Å². The summed E-state index contributed by atoms with van der Waals surface area (Å²) in [6, 6.07) is 13.8. The summed E-state index contributed by atoms with van der Waals surface area (Å²) in [7, 11) is -3.51. The molecule has 1 fully saturated rings. The van der Waals surface area contributed by atoms with Crippen molar-refractivity contribution in [1.82, 2.24) is 4.31 Å². The van der Waals surface area contributed by atoms with E-state index in [1.165, 1.54) is 10.4 Å². The molecule has 0 aliphatic carbocycles. The Kier molecular flexibility index (Phi) is 6.43. The van der Waals surface area contributed by atoms with Crippen molar-refractivity contribution in [3.05, 3.63) is 64.6 Å². The summed E-state index contributed by atoms with van der Waals surface area (Å²) in [5.74, 6) is -0.266. The van der Waals surface area contributed by atoms with E-state index < -0.39 is 10.0 Å². The molecule has 2 aromatic carbocycles. The molecule has 1 N–H and O–H groups in total. The number of amides is 1. The molecule has 3 rings (SSSR count). The molecule has 2 aromatic rings. The minimum absolute atomic E-state index is 0.236. The van der Waals surface area contributed by atoms with Gasteiger partial charge in [0.05, 0.1) is 18.1 Å². The van der Waals surface area contributed by atoms with Crippen LogP contribution in [0.25, 0.3) is 6.08 Å². The molecule has 8 heteroatoms. The lowest BCUT2D eigenvalue weighted by Crippen LogP contribution is -2.40. The molecule has 0 saturated carbocycles. The molecular weight excluding hydrogens is 432 g/mol. The van der Waals surface area contributed by atoms with E-state index >= 15 is 0 Å². The van der Waals surface area contributed by atoms with Gasteiger partial charge in [0, 0.05) is 29.3 Å². The number of nitrogens with zero attached hydrogens (tertiary/aromatic N) is 1. The van der Waals surface area contributed by atoms with Crippen LogP contribution >= 0.6 is 15.9 Å². The Labute approximate surface area is 167 Å². The lowest BCUT2D eigenvalue weighted by molar-refractivity contribution is -0.111. The summed E-state index contributed by atoms with van der Waals surface area (Å²) in [6.07, 6.45) is 3.05. The minimum atomic E-state index is -3.51. The molecule has 0 aromatic heterocycles. The summed E-state index contributed by atoms with van der Waals surface area (Å²) in [5.41, 5.74) is 1.42. The van der Waals surface area contributed by atoms with Crippen molar-refractivity contribution >= 4 is 43.6 Å². The van der Waals surface area contributed by atoms with Crippen molar-refractivity contribution in [2.45, 2.75) is 4.90 Å². The van der Waals surface area contributed by atoms with E-state index in [0.717, 1.165) is 10.0 Å². The molecule has 27 heavy (non-hydrogen) atoms. The lowest BCUT2D eigenvalue weighted by atomic mass is 10.2. The van der Waals surface area contributed by atoms with Gasteiger partial charge in [-0.15, -0.1) is 0 Å². The molecule has 1 aliphatic heterocycles. The van der Waals surface area contributed by atoms with E-state index in [4.69, 9.17) is 4.74 Å². The Morgan fingerprint density at radius 2 is 1.81 bits per heavy atom. The number of nitrogens with one attached hydrogen (secondary N) is 1. The van der Waals surface area contributed by atoms with Gasteiger partial charge in [0.15, 0.2) is 0 Å². The Bertz CT molecular complexity index is 936. The third kappa shape index (κ3) is 5.26. The first-order valence-corrected chi connectivity index (χ1v) is 10.6. The van der Waals surface area contributed by atoms with Gasteiger partial charge in [0.25, 0.3) is 0 Å². The first kappa shape index (κ1) is 19.8. The summed E-state index contributed by atoms with van der Waals surface area (Å²) < 4.78 is 32.7. The molecule has 0 radical (unpaired) electrons. The van der Waals surface area contributed by atoms with Crippen LogP contribution in [0.2, 0.25) is 0 Å². The fourth-order valence-electron chi connectivity index (χ4n) is 2.61. The van der Waals surface area contributed by atoms with Gasteiger partial charge in [-0.3, -0.25) is 4.79 Å². The van der Waals surface area contributed by atoms with Gasteiger partial charge in [-0.25, -0.2) is 8.42 Å². The van der Waals surface area contributed by atoms with Crippen LogP contribution in [-0.4, -0.2) is 44.9 Å². The maximum absolute atomic E-state index is 12.6. The topological polar surface area (TPSA) is 75.7 Å². The molecule has 0 unspecified atom stereocenters. The monoisotopic (exact) mass is 450 g/mol. The normalized spacial score (nSPS) is 15.7. The molecule has 1 saturated heterocycles. The first-order valence-electron chi connectivity index (χ1n) is 8.38. The van der Waals surface area contributed by atoms with Crippen molar-refractivity contribution in [2.75, 3.05) is 31.6 Å². The Morgan fingerprint density at radius 1 is 1.11 bits per heavy atom. The van der Waals surface area contributed by atoms with Gasteiger partial charge in [0.1, 0.15) is 0 Å². The van der Waals surface area contributed by atoms with Crippen molar-refractivity contribution in [1.29, 1.82) is 0 Å². The third-order valence-electron chi connectivity index (χ3n) is 4.01. The number of ether oxygens (including phenoxy) is 1. The molecule has 0 bridgehead atoms. The standard InChI is InChI=1S/C19H19BrN2O4S/c20-16-2-1-3-17(14-16)21-19(23)9-6-15-4-7-18(8-5-15)27(24,25)22-10-12-26-13-11-22/h1-9,14H,10-13H2,(H,21,23)/b9-6+. The minimum Gasteiger partial charge on any atom is -0.379 e. The maximum Gasteiger partial charge on any atom is 0.248 e. The SMILES string of the molecule is O=C(/C=C/c1ccc(S(=O)(=O)N2CCOCC2)cc1)Nc1cccc(Br)c1.